The molecule has 0 aromatic carbocycles. The fourth-order valence-electron chi connectivity index (χ4n) is 1.25. The fourth-order valence-corrected chi connectivity index (χ4v) is 1.74. The number of hydrogen-bond donors (Lipinski definition) is 2. The Morgan fingerprint density at radius 1 is 1.50 bits per heavy atom. The minimum atomic E-state index is -0.00975. The van der Waals surface area contributed by atoms with E-state index in [0.29, 0.717) is 18.8 Å². The Labute approximate surface area is 103 Å². The molecule has 1 aromatic rings. The van der Waals surface area contributed by atoms with E-state index in [1.54, 1.807) is 26.6 Å². The summed E-state index contributed by atoms with van der Waals surface area (Å²) in [5, 5.41) is 3.20. The lowest BCUT2D eigenvalue weighted by Crippen LogP contribution is -2.27. The van der Waals surface area contributed by atoms with Gasteiger partial charge in [0.05, 0.1) is 34.8 Å². The third kappa shape index (κ3) is 3.62. The molecule has 1 rings (SSSR count). The fraction of sp³-hybridized carbons (Fsp3) is 0.500. The average molecular weight is 290 g/mol. The Hall–Kier alpha value is -0.850. The van der Waals surface area contributed by atoms with Crippen LogP contribution in [0.3, 0.4) is 0 Å². The predicted molar refractivity (Wildman–Crippen MR) is 67.5 cm³/mol. The molecular weight excluding hydrogens is 274 g/mol. The number of pyridine rings is 1. The SMILES string of the molecule is COCC(CNc1c(N)cncc1Br)OC. The number of aromatic nitrogens is 1. The van der Waals surface area contributed by atoms with Gasteiger partial charge in [0, 0.05) is 27.0 Å². The Morgan fingerprint density at radius 3 is 2.81 bits per heavy atom. The van der Waals surface area contributed by atoms with Gasteiger partial charge in [-0.15, -0.1) is 0 Å². The van der Waals surface area contributed by atoms with Crippen LogP contribution in [0.4, 0.5) is 11.4 Å². The molecule has 1 unspecified atom stereocenters. The van der Waals surface area contributed by atoms with Gasteiger partial charge in [0.15, 0.2) is 0 Å². The van der Waals surface area contributed by atoms with Crippen LogP contribution in [-0.2, 0) is 9.47 Å². The first-order chi connectivity index (χ1) is 7.69. The van der Waals surface area contributed by atoms with Gasteiger partial charge in [0.2, 0.25) is 0 Å². The molecule has 0 amide bonds. The van der Waals surface area contributed by atoms with Crippen LogP contribution in [0.15, 0.2) is 16.9 Å². The number of halogens is 1. The van der Waals surface area contributed by atoms with Crippen LogP contribution >= 0.6 is 15.9 Å². The number of anilines is 2. The zero-order chi connectivity index (χ0) is 12.0. The van der Waals surface area contributed by atoms with Crippen molar-refractivity contribution in [3.63, 3.8) is 0 Å². The van der Waals surface area contributed by atoms with Crippen molar-refractivity contribution >= 4 is 27.3 Å². The number of rotatable bonds is 6. The number of ether oxygens (including phenoxy) is 2. The van der Waals surface area contributed by atoms with Crippen molar-refractivity contribution in [1.29, 1.82) is 0 Å². The standard InChI is InChI=1S/C10H16BrN3O2/c1-15-6-7(16-2)3-14-10-8(11)4-13-5-9(10)12/h4-5,7H,3,6,12H2,1-2H3,(H,13,14). The molecule has 1 aromatic heterocycles. The number of nitrogens with one attached hydrogen (secondary N) is 1. The molecule has 0 saturated carbocycles. The predicted octanol–water partition coefficient (Wildman–Crippen LogP) is 1.50. The minimum absolute atomic E-state index is 0.00975. The van der Waals surface area contributed by atoms with E-state index in [0.717, 1.165) is 10.2 Å². The first kappa shape index (κ1) is 13.2. The lowest BCUT2D eigenvalue weighted by molar-refractivity contribution is 0.0365. The smallest absolute Gasteiger partial charge is 0.0976 e. The van der Waals surface area contributed by atoms with Gasteiger partial charge in [-0.2, -0.15) is 0 Å². The minimum Gasteiger partial charge on any atom is -0.396 e. The lowest BCUT2D eigenvalue weighted by atomic mass is 10.3. The molecule has 0 aliphatic heterocycles. The van der Waals surface area contributed by atoms with Crippen molar-refractivity contribution in [2.45, 2.75) is 6.10 Å². The monoisotopic (exact) mass is 289 g/mol. The van der Waals surface area contributed by atoms with E-state index in [1.807, 2.05) is 0 Å². The number of nitrogens with two attached hydrogens (primary N) is 1. The third-order valence-corrected chi connectivity index (χ3v) is 2.72. The highest BCUT2D eigenvalue weighted by molar-refractivity contribution is 9.10. The largest absolute Gasteiger partial charge is 0.396 e. The van der Waals surface area contributed by atoms with E-state index in [1.165, 1.54) is 0 Å². The van der Waals surface area contributed by atoms with Crippen LogP contribution in [-0.4, -0.2) is 38.5 Å². The maximum Gasteiger partial charge on any atom is 0.0976 e. The molecular formula is C10H16BrN3O2. The van der Waals surface area contributed by atoms with Gasteiger partial charge < -0.3 is 20.5 Å². The highest BCUT2D eigenvalue weighted by atomic mass is 79.9. The molecule has 0 aliphatic carbocycles. The summed E-state index contributed by atoms with van der Waals surface area (Å²) in [7, 11) is 3.29. The zero-order valence-electron chi connectivity index (χ0n) is 9.37. The van der Waals surface area contributed by atoms with Crippen molar-refractivity contribution in [3.8, 4) is 0 Å². The van der Waals surface area contributed by atoms with Gasteiger partial charge in [-0.05, 0) is 15.9 Å². The first-order valence-electron chi connectivity index (χ1n) is 4.83. The molecule has 0 spiro atoms. The molecule has 16 heavy (non-hydrogen) atoms. The molecule has 1 heterocycles. The highest BCUT2D eigenvalue weighted by Crippen LogP contribution is 2.26. The topological polar surface area (TPSA) is 69.4 Å². The molecule has 0 bridgehead atoms. The summed E-state index contributed by atoms with van der Waals surface area (Å²) < 4.78 is 11.1. The normalized spacial score (nSPS) is 12.4. The highest BCUT2D eigenvalue weighted by Gasteiger charge is 2.09. The quantitative estimate of drug-likeness (QED) is 0.831. The molecule has 0 saturated heterocycles. The van der Waals surface area contributed by atoms with Crippen LogP contribution in [0.25, 0.3) is 0 Å². The third-order valence-electron chi connectivity index (χ3n) is 2.12. The van der Waals surface area contributed by atoms with Crippen LogP contribution in [0.1, 0.15) is 0 Å². The maximum absolute atomic E-state index is 5.80. The number of hydrogen-bond acceptors (Lipinski definition) is 5. The second-order valence-corrected chi connectivity index (χ2v) is 4.13. The average Bonchev–Trinajstić information content (AvgIpc) is 2.27. The van der Waals surface area contributed by atoms with Crippen LogP contribution in [0.2, 0.25) is 0 Å². The summed E-state index contributed by atoms with van der Waals surface area (Å²) >= 11 is 3.38. The van der Waals surface area contributed by atoms with Crippen LogP contribution in [0.5, 0.6) is 0 Å². The summed E-state index contributed by atoms with van der Waals surface area (Å²) in [5.74, 6) is 0. The number of nitrogen functional groups attached to an aromatic ring is 1. The van der Waals surface area contributed by atoms with Crippen molar-refractivity contribution < 1.29 is 9.47 Å². The summed E-state index contributed by atoms with van der Waals surface area (Å²) in [5.41, 5.74) is 7.22. The molecule has 5 nitrogen and oxygen atoms in total. The molecule has 90 valence electrons. The maximum atomic E-state index is 5.80. The van der Waals surface area contributed by atoms with E-state index >= 15 is 0 Å². The number of nitrogens with zero attached hydrogens (tertiary/aromatic N) is 1. The van der Waals surface area contributed by atoms with E-state index in [-0.39, 0.29) is 6.10 Å². The molecule has 6 heteroatoms. The number of methoxy groups -OCH3 is 2. The van der Waals surface area contributed by atoms with Crippen molar-refractivity contribution in [1.82, 2.24) is 4.98 Å². The van der Waals surface area contributed by atoms with E-state index in [4.69, 9.17) is 15.2 Å². The Kier molecular flexibility index (Phi) is 5.51. The van der Waals surface area contributed by atoms with Gasteiger partial charge in [-0.1, -0.05) is 0 Å². The molecule has 0 aliphatic rings. The molecule has 3 N–H and O–H groups in total. The van der Waals surface area contributed by atoms with Crippen LogP contribution in [0, 0.1) is 0 Å². The summed E-state index contributed by atoms with van der Waals surface area (Å²) in [6, 6.07) is 0. The van der Waals surface area contributed by atoms with Gasteiger partial charge in [-0.25, -0.2) is 0 Å². The van der Waals surface area contributed by atoms with E-state index < -0.39 is 0 Å². The molecule has 1 atom stereocenters. The summed E-state index contributed by atoms with van der Waals surface area (Å²) in [6.07, 6.45) is 3.28. The first-order valence-corrected chi connectivity index (χ1v) is 5.63. The van der Waals surface area contributed by atoms with Gasteiger partial charge in [0.1, 0.15) is 0 Å². The Morgan fingerprint density at radius 2 is 2.25 bits per heavy atom. The Bertz CT molecular complexity index is 316. The van der Waals surface area contributed by atoms with Gasteiger partial charge in [0.25, 0.3) is 0 Å². The lowest BCUT2D eigenvalue weighted by Gasteiger charge is -2.17. The second-order valence-electron chi connectivity index (χ2n) is 3.28. The van der Waals surface area contributed by atoms with Crippen LogP contribution < -0.4 is 11.1 Å². The van der Waals surface area contributed by atoms with Crippen molar-refractivity contribution in [2.24, 2.45) is 0 Å². The van der Waals surface area contributed by atoms with E-state index in [9.17, 15) is 0 Å². The Balaban J connectivity index is 2.59. The second kappa shape index (κ2) is 6.67. The molecule has 0 fully saturated rings. The molecule has 0 radical (unpaired) electrons. The van der Waals surface area contributed by atoms with Gasteiger partial charge >= 0.3 is 0 Å². The van der Waals surface area contributed by atoms with E-state index in [2.05, 4.69) is 26.2 Å². The van der Waals surface area contributed by atoms with Crippen molar-refractivity contribution in [3.05, 3.63) is 16.9 Å². The van der Waals surface area contributed by atoms with Crippen molar-refractivity contribution in [2.75, 3.05) is 38.4 Å². The summed E-state index contributed by atoms with van der Waals surface area (Å²) in [4.78, 5) is 3.96. The zero-order valence-corrected chi connectivity index (χ0v) is 11.0. The van der Waals surface area contributed by atoms with Gasteiger partial charge in [-0.3, -0.25) is 4.98 Å². The summed E-state index contributed by atoms with van der Waals surface area (Å²) in [6.45, 7) is 1.16.